The zero-order valence-electron chi connectivity index (χ0n) is 11.0. The van der Waals surface area contributed by atoms with Crippen molar-refractivity contribution in [2.24, 2.45) is 0 Å². The maximum absolute atomic E-state index is 5.79. The van der Waals surface area contributed by atoms with Gasteiger partial charge in [0.25, 0.3) is 0 Å². The van der Waals surface area contributed by atoms with Crippen LogP contribution in [0.4, 0.5) is 0 Å². The van der Waals surface area contributed by atoms with Gasteiger partial charge < -0.3 is 9.73 Å². The van der Waals surface area contributed by atoms with Crippen LogP contribution in [-0.4, -0.2) is 12.0 Å². The molecular weight excluding hydrogens is 256 g/mol. The van der Waals surface area contributed by atoms with Crippen LogP contribution < -0.4 is 5.32 Å². The quantitative estimate of drug-likeness (QED) is 0.787. The molecule has 1 unspecified atom stereocenters. The van der Waals surface area contributed by atoms with Crippen molar-refractivity contribution in [3.8, 4) is 0 Å². The van der Waals surface area contributed by atoms with E-state index in [1.807, 2.05) is 31.3 Å². The molecule has 0 amide bonds. The van der Waals surface area contributed by atoms with Gasteiger partial charge in [-0.05, 0) is 48.0 Å². The number of rotatable bonds is 4. The maximum atomic E-state index is 5.79. The highest BCUT2D eigenvalue weighted by Crippen LogP contribution is 2.25. The SMILES string of the molecule is CNC(Cc1nc2ccccc2o1)c1cscc1C. The highest BCUT2D eigenvalue weighted by Gasteiger charge is 2.16. The Labute approximate surface area is 116 Å². The van der Waals surface area contributed by atoms with E-state index in [9.17, 15) is 0 Å². The average molecular weight is 272 g/mol. The summed E-state index contributed by atoms with van der Waals surface area (Å²) >= 11 is 1.73. The number of hydrogen-bond acceptors (Lipinski definition) is 4. The Morgan fingerprint density at radius 2 is 2.16 bits per heavy atom. The predicted octanol–water partition coefficient (Wildman–Crippen LogP) is 3.70. The first kappa shape index (κ1) is 12.4. The highest BCUT2D eigenvalue weighted by atomic mass is 32.1. The van der Waals surface area contributed by atoms with Crippen molar-refractivity contribution >= 4 is 22.4 Å². The first-order chi connectivity index (χ1) is 9.28. The monoisotopic (exact) mass is 272 g/mol. The first-order valence-electron chi connectivity index (χ1n) is 6.32. The predicted molar refractivity (Wildman–Crippen MR) is 78.6 cm³/mol. The minimum Gasteiger partial charge on any atom is -0.441 e. The molecule has 19 heavy (non-hydrogen) atoms. The second kappa shape index (κ2) is 5.15. The van der Waals surface area contributed by atoms with Gasteiger partial charge in [-0.3, -0.25) is 0 Å². The lowest BCUT2D eigenvalue weighted by Crippen LogP contribution is -2.19. The van der Waals surface area contributed by atoms with E-state index < -0.39 is 0 Å². The number of aryl methyl sites for hydroxylation is 1. The minimum atomic E-state index is 0.249. The lowest BCUT2D eigenvalue weighted by atomic mass is 10.0. The van der Waals surface area contributed by atoms with Gasteiger partial charge in [-0.1, -0.05) is 12.1 Å². The molecule has 1 aromatic carbocycles. The maximum Gasteiger partial charge on any atom is 0.197 e. The Morgan fingerprint density at radius 3 is 2.84 bits per heavy atom. The summed E-state index contributed by atoms with van der Waals surface area (Å²) in [5, 5.41) is 7.71. The lowest BCUT2D eigenvalue weighted by molar-refractivity contribution is 0.473. The summed E-state index contributed by atoms with van der Waals surface area (Å²) in [6.45, 7) is 2.14. The molecule has 1 N–H and O–H groups in total. The van der Waals surface area contributed by atoms with Gasteiger partial charge in [0.1, 0.15) is 5.52 Å². The van der Waals surface area contributed by atoms with Gasteiger partial charge in [0.2, 0.25) is 0 Å². The van der Waals surface area contributed by atoms with Gasteiger partial charge in [0, 0.05) is 12.5 Å². The number of nitrogens with zero attached hydrogens (tertiary/aromatic N) is 1. The lowest BCUT2D eigenvalue weighted by Gasteiger charge is -2.14. The second-order valence-electron chi connectivity index (χ2n) is 4.63. The van der Waals surface area contributed by atoms with Crippen LogP contribution in [0.25, 0.3) is 11.1 Å². The van der Waals surface area contributed by atoms with Crippen LogP contribution in [-0.2, 0) is 6.42 Å². The largest absolute Gasteiger partial charge is 0.441 e. The smallest absolute Gasteiger partial charge is 0.197 e. The van der Waals surface area contributed by atoms with Gasteiger partial charge in [-0.15, -0.1) is 0 Å². The standard InChI is InChI=1S/C15H16N2OS/c1-10-8-19-9-11(10)13(16-2)7-15-17-12-5-3-4-6-14(12)18-15/h3-6,8-9,13,16H,7H2,1-2H3. The molecule has 2 heterocycles. The Kier molecular flexibility index (Phi) is 3.36. The van der Waals surface area contributed by atoms with Gasteiger partial charge in [-0.25, -0.2) is 4.98 Å². The summed E-state index contributed by atoms with van der Waals surface area (Å²) in [5.41, 5.74) is 4.43. The van der Waals surface area contributed by atoms with Crippen molar-refractivity contribution in [3.63, 3.8) is 0 Å². The second-order valence-corrected chi connectivity index (χ2v) is 5.37. The van der Waals surface area contributed by atoms with Crippen molar-refractivity contribution in [1.29, 1.82) is 0 Å². The molecule has 3 aromatic rings. The molecule has 0 saturated carbocycles. The molecule has 4 heteroatoms. The van der Waals surface area contributed by atoms with Gasteiger partial charge in [-0.2, -0.15) is 11.3 Å². The van der Waals surface area contributed by atoms with Crippen LogP contribution in [0.15, 0.2) is 39.4 Å². The molecular formula is C15H16N2OS. The van der Waals surface area contributed by atoms with E-state index in [4.69, 9.17) is 4.42 Å². The molecule has 2 aromatic heterocycles. The molecule has 0 aliphatic rings. The number of thiophene rings is 1. The molecule has 0 spiro atoms. The molecule has 0 bridgehead atoms. The molecule has 1 atom stereocenters. The minimum absolute atomic E-state index is 0.249. The fourth-order valence-electron chi connectivity index (χ4n) is 2.28. The molecule has 98 valence electrons. The van der Waals surface area contributed by atoms with Crippen LogP contribution >= 0.6 is 11.3 Å². The summed E-state index contributed by atoms with van der Waals surface area (Å²) in [5.74, 6) is 0.783. The van der Waals surface area contributed by atoms with E-state index in [-0.39, 0.29) is 6.04 Å². The Morgan fingerprint density at radius 1 is 1.32 bits per heavy atom. The summed E-state index contributed by atoms with van der Waals surface area (Å²) < 4.78 is 5.79. The molecule has 3 nitrogen and oxygen atoms in total. The Bertz CT molecular complexity index is 653. The van der Waals surface area contributed by atoms with E-state index in [2.05, 4.69) is 28.0 Å². The Hall–Kier alpha value is -1.65. The molecule has 0 fully saturated rings. The fraction of sp³-hybridized carbons (Fsp3) is 0.267. The van der Waals surface area contributed by atoms with E-state index in [0.29, 0.717) is 0 Å². The average Bonchev–Trinajstić information content (AvgIpc) is 3.01. The fourth-order valence-corrected chi connectivity index (χ4v) is 3.18. The van der Waals surface area contributed by atoms with Crippen LogP contribution in [0.3, 0.4) is 0 Å². The van der Waals surface area contributed by atoms with Crippen LogP contribution in [0.2, 0.25) is 0 Å². The van der Waals surface area contributed by atoms with Gasteiger partial charge >= 0.3 is 0 Å². The molecule has 0 saturated heterocycles. The molecule has 0 radical (unpaired) electrons. The van der Waals surface area contributed by atoms with Crippen molar-refractivity contribution in [1.82, 2.24) is 10.3 Å². The number of nitrogens with one attached hydrogen (secondary N) is 1. The Balaban J connectivity index is 1.88. The van der Waals surface area contributed by atoms with Crippen molar-refractivity contribution < 1.29 is 4.42 Å². The number of benzene rings is 1. The summed E-state index contributed by atoms with van der Waals surface area (Å²) in [6.07, 6.45) is 0.767. The van der Waals surface area contributed by atoms with E-state index in [1.54, 1.807) is 11.3 Å². The number of aromatic nitrogens is 1. The number of oxazole rings is 1. The molecule has 3 rings (SSSR count). The third kappa shape index (κ3) is 2.41. The number of hydrogen-bond donors (Lipinski definition) is 1. The van der Waals surface area contributed by atoms with E-state index in [0.717, 1.165) is 23.4 Å². The van der Waals surface area contributed by atoms with E-state index >= 15 is 0 Å². The van der Waals surface area contributed by atoms with Crippen molar-refractivity contribution in [2.45, 2.75) is 19.4 Å². The first-order valence-corrected chi connectivity index (χ1v) is 7.26. The van der Waals surface area contributed by atoms with Crippen LogP contribution in [0.1, 0.15) is 23.1 Å². The number of likely N-dealkylation sites (N-methyl/N-ethyl adjacent to an activating group) is 1. The van der Waals surface area contributed by atoms with Crippen molar-refractivity contribution in [2.75, 3.05) is 7.05 Å². The van der Waals surface area contributed by atoms with Crippen LogP contribution in [0, 0.1) is 6.92 Å². The third-order valence-corrected chi connectivity index (χ3v) is 4.22. The van der Waals surface area contributed by atoms with Crippen molar-refractivity contribution in [3.05, 3.63) is 52.0 Å². The zero-order chi connectivity index (χ0) is 13.2. The third-order valence-electron chi connectivity index (χ3n) is 3.34. The van der Waals surface area contributed by atoms with Gasteiger partial charge in [0.05, 0.1) is 0 Å². The summed E-state index contributed by atoms with van der Waals surface area (Å²) in [4.78, 5) is 4.54. The topological polar surface area (TPSA) is 38.1 Å². The highest BCUT2D eigenvalue weighted by molar-refractivity contribution is 7.08. The zero-order valence-corrected chi connectivity index (χ0v) is 11.8. The van der Waals surface area contributed by atoms with Crippen LogP contribution in [0.5, 0.6) is 0 Å². The number of fused-ring (bicyclic) bond motifs is 1. The normalized spacial score (nSPS) is 12.9. The summed E-state index contributed by atoms with van der Waals surface area (Å²) in [7, 11) is 1.98. The number of para-hydroxylation sites is 2. The van der Waals surface area contributed by atoms with E-state index in [1.165, 1.54) is 11.1 Å². The van der Waals surface area contributed by atoms with Gasteiger partial charge in [0.15, 0.2) is 11.5 Å². The molecule has 0 aliphatic carbocycles. The molecule has 0 aliphatic heterocycles. The summed E-state index contributed by atoms with van der Waals surface area (Å²) in [6, 6.07) is 8.13.